The fraction of sp³-hybridized carbons (Fsp3) is 0. The van der Waals surface area contributed by atoms with Gasteiger partial charge in [0.2, 0.25) is 17.7 Å². The number of allylic oxidation sites excluding steroid dienone is 5. The highest BCUT2D eigenvalue weighted by atomic mass is 19.2. The quantitative estimate of drug-likeness (QED) is 0.172. The van der Waals surface area contributed by atoms with Crippen molar-refractivity contribution in [2.45, 2.75) is 0 Å². The molecule has 0 N–H and O–H groups in total. The standard InChI is InChI=1S/C33F9N9O3/c1-47-26(32-50-28(41)10(6-46)53-32)19-24(38)17-15-13(20(34)11(21(15)35)7(3-43)30-49-27(40)9(5-45)52-30)14-16(18(17)25(19)39)23(37)12(22(14)36)8(4-44)31-51-29(42)33(48-2)54-31/b11-7+,12-8-,26-19-. The van der Waals surface area contributed by atoms with E-state index >= 15 is 26.3 Å². The van der Waals surface area contributed by atoms with Crippen molar-refractivity contribution in [3.05, 3.63) is 118 Å². The van der Waals surface area contributed by atoms with E-state index in [1.807, 2.05) is 0 Å². The number of nitriles is 4. The summed E-state index contributed by atoms with van der Waals surface area (Å²) in [4.78, 5) is 14.8. The van der Waals surface area contributed by atoms with Gasteiger partial charge in [-0.05, 0) is 0 Å². The maximum Gasteiger partial charge on any atom is 0.401 e. The van der Waals surface area contributed by atoms with Crippen molar-refractivity contribution in [2.75, 3.05) is 0 Å². The molecule has 0 unspecified atom stereocenters. The van der Waals surface area contributed by atoms with Gasteiger partial charge in [-0.3, -0.25) is 0 Å². The zero-order valence-electron chi connectivity index (χ0n) is 25.2. The molecule has 0 saturated carbocycles. The SMILES string of the molecule is [C-]#[N+]/C(=C1\C(F)=c2c3c(c4c(c2=C1F)=C(F)/C(=C(\C#N)c1nc(F)c(C#N)o1)C=4F)=C(F)/C(=C(\C#N)c1nc(F)c([N+]#[C-])o1)C=3F)c1nc(F)c(C#N)o1. The Balaban J connectivity index is 1.79. The summed E-state index contributed by atoms with van der Waals surface area (Å²) in [6.07, 6.45) is 0. The normalized spacial score (nSPS) is 16.9. The first-order chi connectivity index (χ1) is 25.8. The van der Waals surface area contributed by atoms with Crippen LogP contribution in [0.3, 0.4) is 0 Å². The number of fused-ring (bicyclic) bond motifs is 6. The van der Waals surface area contributed by atoms with Crippen molar-refractivity contribution in [1.82, 2.24) is 15.0 Å². The lowest BCUT2D eigenvalue weighted by Gasteiger charge is -2.00. The number of halogens is 9. The van der Waals surface area contributed by atoms with Gasteiger partial charge in [-0.1, -0.05) is 0 Å². The summed E-state index contributed by atoms with van der Waals surface area (Å²) in [5, 5.41) is 29.0. The third-order valence-electron chi connectivity index (χ3n) is 7.88. The van der Waals surface area contributed by atoms with Crippen LogP contribution in [0.2, 0.25) is 0 Å². The first-order valence-corrected chi connectivity index (χ1v) is 13.8. The van der Waals surface area contributed by atoms with E-state index in [1.165, 1.54) is 24.3 Å². The van der Waals surface area contributed by atoms with Gasteiger partial charge >= 0.3 is 5.88 Å². The Morgan fingerprint density at radius 1 is 0.500 bits per heavy atom. The van der Waals surface area contributed by atoms with E-state index in [0.29, 0.717) is 0 Å². The van der Waals surface area contributed by atoms with E-state index in [1.54, 1.807) is 0 Å². The number of benzene rings is 1. The fourth-order valence-corrected chi connectivity index (χ4v) is 5.80. The van der Waals surface area contributed by atoms with Gasteiger partial charge in [-0.2, -0.15) is 54.0 Å². The Morgan fingerprint density at radius 2 is 0.852 bits per heavy atom. The molecule has 0 radical (unpaired) electrons. The second-order valence-corrected chi connectivity index (χ2v) is 10.4. The van der Waals surface area contributed by atoms with E-state index in [-0.39, 0.29) is 0 Å². The molecule has 3 aliphatic rings. The zero-order chi connectivity index (χ0) is 39.1. The lowest BCUT2D eigenvalue weighted by molar-refractivity contribution is 0.509. The third kappa shape index (κ3) is 4.30. The summed E-state index contributed by atoms with van der Waals surface area (Å²) < 4.78 is 157. The van der Waals surface area contributed by atoms with Crippen molar-refractivity contribution >= 4 is 57.7 Å². The lowest BCUT2D eigenvalue weighted by Crippen LogP contribution is -2.64. The van der Waals surface area contributed by atoms with Crippen LogP contribution in [-0.4, -0.2) is 15.0 Å². The molecule has 3 aliphatic carbocycles. The van der Waals surface area contributed by atoms with Gasteiger partial charge in [0.15, 0.2) is 0 Å². The Morgan fingerprint density at radius 3 is 1.19 bits per heavy atom. The predicted octanol–water partition coefficient (Wildman–Crippen LogP) is 3.15. The number of hydrogen-bond acceptors (Lipinski definition) is 10. The van der Waals surface area contributed by atoms with Crippen molar-refractivity contribution in [3.63, 3.8) is 0 Å². The van der Waals surface area contributed by atoms with Gasteiger partial charge < -0.3 is 13.3 Å². The monoisotopic (exact) mass is 741 g/mol. The van der Waals surface area contributed by atoms with Gasteiger partial charge in [0.05, 0.1) is 29.9 Å². The average Bonchev–Trinajstić information content (AvgIpc) is 3.98. The van der Waals surface area contributed by atoms with E-state index in [0.717, 1.165) is 0 Å². The molecule has 0 atom stereocenters. The van der Waals surface area contributed by atoms with Gasteiger partial charge in [-0.25, -0.2) is 31.2 Å². The Kier molecular flexibility index (Phi) is 7.47. The minimum Gasteiger partial charge on any atom is -0.460 e. The molecule has 1 aromatic carbocycles. The van der Waals surface area contributed by atoms with Gasteiger partial charge in [0.25, 0.3) is 35.1 Å². The van der Waals surface area contributed by atoms with E-state index in [4.69, 9.17) is 36.9 Å². The second kappa shape index (κ2) is 11.8. The molecule has 12 nitrogen and oxygen atoms in total. The predicted molar refractivity (Wildman–Crippen MR) is 155 cm³/mol. The van der Waals surface area contributed by atoms with Crippen LogP contribution in [0.1, 0.15) is 29.2 Å². The molecular formula is C33F9N9O3. The topological polar surface area (TPSA) is 182 Å². The van der Waals surface area contributed by atoms with Crippen LogP contribution in [-0.2, 0) is 0 Å². The summed E-state index contributed by atoms with van der Waals surface area (Å²) in [5.74, 6) is -24.4. The van der Waals surface area contributed by atoms with Gasteiger partial charge in [0.1, 0.15) is 70.4 Å². The van der Waals surface area contributed by atoms with Gasteiger partial charge in [0, 0.05) is 31.3 Å². The summed E-state index contributed by atoms with van der Waals surface area (Å²) in [7, 11) is 0. The summed E-state index contributed by atoms with van der Waals surface area (Å²) in [6.45, 7) is 14.4. The molecule has 0 aliphatic heterocycles. The largest absolute Gasteiger partial charge is 0.460 e. The summed E-state index contributed by atoms with van der Waals surface area (Å²) >= 11 is 0. The first kappa shape index (κ1) is 34.1. The van der Waals surface area contributed by atoms with Gasteiger partial charge in [-0.15, -0.1) is 0 Å². The van der Waals surface area contributed by atoms with Crippen LogP contribution >= 0.6 is 0 Å². The highest BCUT2D eigenvalue weighted by Gasteiger charge is 2.39. The zero-order valence-corrected chi connectivity index (χ0v) is 25.2. The van der Waals surface area contributed by atoms with E-state index < -0.39 is 153 Å². The Bertz CT molecular complexity index is 2850. The smallest absolute Gasteiger partial charge is 0.401 e. The van der Waals surface area contributed by atoms with Crippen molar-refractivity contribution in [2.24, 2.45) is 0 Å². The summed E-state index contributed by atoms with van der Waals surface area (Å²) in [5.41, 5.74) is -8.79. The van der Waals surface area contributed by atoms with E-state index in [2.05, 4.69) is 24.6 Å². The molecule has 54 heavy (non-hydrogen) atoms. The maximum atomic E-state index is 16.6. The van der Waals surface area contributed by atoms with Crippen LogP contribution in [0, 0.1) is 76.3 Å². The molecule has 21 heteroatoms. The molecule has 3 aromatic heterocycles. The molecule has 0 saturated heterocycles. The molecule has 0 fully saturated rings. The highest BCUT2D eigenvalue weighted by molar-refractivity contribution is 6.03. The molecule has 0 amide bonds. The molecule has 7 rings (SSSR count). The fourth-order valence-electron chi connectivity index (χ4n) is 5.80. The Labute approximate surface area is 288 Å². The van der Waals surface area contributed by atoms with Crippen molar-refractivity contribution in [3.8, 4) is 24.3 Å². The molecular weight excluding hydrogens is 741 g/mol. The summed E-state index contributed by atoms with van der Waals surface area (Å²) in [6, 6.07) is 4.89. The second-order valence-electron chi connectivity index (χ2n) is 10.4. The molecule has 258 valence electrons. The average molecular weight is 741 g/mol. The number of oxazole rings is 3. The Hall–Kier alpha value is -8.40. The van der Waals surface area contributed by atoms with E-state index in [9.17, 15) is 23.7 Å². The minimum absolute atomic E-state index is 1.17. The maximum absolute atomic E-state index is 16.6. The lowest BCUT2D eigenvalue weighted by atomic mass is 10.1. The molecule has 4 aromatic rings. The molecule has 0 spiro atoms. The number of rotatable bonds is 3. The number of aromatic nitrogens is 3. The van der Waals surface area contributed by atoms with Crippen molar-refractivity contribution < 1.29 is 52.8 Å². The van der Waals surface area contributed by atoms with Crippen LogP contribution in [0.15, 0.2) is 30.0 Å². The van der Waals surface area contributed by atoms with Crippen molar-refractivity contribution in [1.29, 1.82) is 21.0 Å². The highest BCUT2D eigenvalue weighted by Crippen LogP contribution is 2.38. The van der Waals surface area contributed by atoms with Crippen LogP contribution in [0.5, 0.6) is 0 Å². The van der Waals surface area contributed by atoms with Crippen LogP contribution in [0.25, 0.3) is 61.5 Å². The van der Waals surface area contributed by atoms with Crippen LogP contribution < -0.4 is 31.3 Å². The van der Waals surface area contributed by atoms with Crippen LogP contribution in [0.4, 0.5) is 45.4 Å². The third-order valence-corrected chi connectivity index (χ3v) is 7.88. The minimum atomic E-state index is -2.04. The molecule has 3 heterocycles. The number of hydrogen-bond donors (Lipinski definition) is 0. The number of nitrogens with zero attached hydrogens (tertiary/aromatic N) is 9. The first-order valence-electron chi connectivity index (χ1n) is 13.8. The molecule has 0 bridgehead atoms.